The fourth-order valence-electron chi connectivity index (χ4n) is 2.77. The van der Waals surface area contributed by atoms with E-state index in [9.17, 15) is 9.90 Å². The lowest BCUT2D eigenvalue weighted by atomic mass is 10.1. The number of rotatable bonds is 4. The molecule has 1 aliphatic carbocycles. The molecule has 0 aliphatic heterocycles. The number of hydrogen-bond acceptors (Lipinski definition) is 3. The highest BCUT2D eigenvalue weighted by molar-refractivity contribution is 9.11. The zero-order valence-corrected chi connectivity index (χ0v) is 16.3. The third-order valence-electron chi connectivity index (χ3n) is 3.87. The predicted molar refractivity (Wildman–Crippen MR) is 102 cm³/mol. The molecular formula is C19H16Br2O3. The molecule has 0 fully saturated rings. The smallest absolute Gasteiger partial charge is 0.189 e. The molecule has 0 saturated carbocycles. The minimum atomic E-state index is -0.0431. The van der Waals surface area contributed by atoms with E-state index in [1.165, 1.54) is 0 Å². The van der Waals surface area contributed by atoms with E-state index in [0.29, 0.717) is 29.7 Å². The summed E-state index contributed by atoms with van der Waals surface area (Å²) in [6.07, 6.45) is 3.18. The van der Waals surface area contributed by atoms with Crippen LogP contribution in [0.1, 0.15) is 34.8 Å². The van der Waals surface area contributed by atoms with Crippen LogP contribution < -0.4 is 4.74 Å². The normalized spacial score (nSPS) is 15.0. The van der Waals surface area contributed by atoms with Gasteiger partial charge < -0.3 is 9.84 Å². The van der Waals surface area contributed by atoms with Gasteiger partial charge in [-0.1, -0.05) is 35.0 Å². The van der Waals surface area contributed by atoms with E-state index in [2.05, 4.69) is 31.9 Å². The lowest BCUT2D eigenvalue weighted by Gasteiger charge is -2.12. The topological polar surface area (TPSA) is 46.5 Å². The van der Waals surface area contributed by atoms with Gasteiger partial charge in [-0.2, -0.15) is 0 Å². The highest BCUT2D eigenvalue weighted by atomic mass is 79.9. The van der Waals surface area contributed by atoms with Gasteiger partial charge in [0.1, 0.15) is 11.5 Å². The number of phenols is 1. The Kier molecular flexibility index (Phi) is 5.11. The molecule has 0 amide bonds. The SMILES string of the molecule is CCCOc1c(Br)cc(Br)cc1/C=C1/Cc2c(O)cccc2C1=O. The Hall–Kier alpha value is -1.59. The van der Waals surface area contributed by atoms with E-state index >= 15 is 0 Å². The number of benzene rings is 2. The number of hydrogen-bond donors (Lipinski definition) is 1. The second kappa shape index (κ2) is 7.11. The molecule has 0 aromatic heterocycles. The second-order valence-electron chi connectivity index (χ2n) is 5.63. The molecule has 0 heterocycles. The standard InChI is InChI=1S/C19H16Br2O3/c1-2-6-24-19-12(8-13(20)10-16(19)21)7-11-9-15-14(18(11)23)4-3-5-17(15)22/h3-5,7-8,10,22H,2,6,9H2,1H3/b11-7-. The highest BCUT2D eigenvalue weighted by Gasteiger charge is 2.27. The lowest BCUT2D eigenvalue weighted by Crippen LogP contribution is -2.00. The monoisotopic (exact) mass is 450 g/mol. The average molecular weight is 452 g/mol. The van der Waals surface area contributed by atoms with Crippen LogP contribution >= 0.6 is 31.9 Å². The van der Waals surface area contributed by atoms with E-state index < -0.39 is 0 Å². The van der Waals surface area contributed by atoms with Gasteiger partial charge in [-0.25, -0.2) is 0 Å². The van der Waals surface area contributed by atoms with Gasteiger partial charge in [0.2, 0.25) is 0 Å². The minimum Gasteiger partial charge on any atom is -0.508 e. The number of ether oxygens (including phenoxy) is 1. The molecule has 1 aliphatic rings. The van der Waals surface area contributed by atoms with Crippen LogP contribution in [0.5, 0.6) is 11.5 Å². The van der Waals surface area contributed by atoms with Gasteiger partial charge >= 0.3 is 0 Å². The Morgan fingerprint density at radius 2 is 2.08 bits per heavy atom. The van der Waals surface area contributed by atoms with Crippen LogP contribution in [-0.4, -0.2) is 17.5 Å². The van der Waals surface area contributed by atoms with Crippen molar-refractivity contribution in [3.05, 3.63) is 61.5 Å². The van der Waals surface area contributed by atoms with Crippen molar-refractivity contribution in [2.24, 2.45) is 0 Å². The van der Waals surface area contributed by atoms with Crippen molar-refractivity contribution >= 4 is 43.7 Å². The summed E-state index contributed by atoms with van der Waals surface area (Å²) in [4.78, 5) is 12.6. The quantitative estimate of drug-likeness (QED) is 0.621. The first-order valence-electron chi connectivity index (χ1n) is 7.69. The zero-order valence-electron chi connectivity index (χ0n) is 13.1. The first-order chi connectivity index (χ1) is 11.5. The molecule has 0 radical (unpaired) electrons. The van der Waals surface area contributed by atoms with Crippen molar-refractivity contribution in [2.45, 2.75) is 19.8 Å². The van der Waals surface area contributed by atoms with E-state index in [1.54, 1.807) is 18.2 Å². The summed E-state index contributed by atoms with van der Waals surface area (Å²) in [6, 6.07) is 8.91. The molecule has 124 valence electrons. The Labute approximate surface area is 157 Å². The van der Waals surface area contributed by atoms with Crippen molar-refractivity contribution in [3.8, 4) is 11.5 Å². The molecule has 0 unspecified atom stereocenters. The van der Waals surface area contributed by atoms with Crippen LogP contribution in [0.25, 0.3) is 6.08 Å². The average Bonchev–Trinajstić information content (AvgIpc) is 2.85. The largest absolute Gasteiger partial charge is 0.508 e. The predicted octanol–water partition coefficient (Wildman–Crippen LogP) is 5.53. The summed E-state index contributed by atoms with van der Waals surface area (Å²) in [5, 5.41) is 9.97. The summed E-state index contributed by atoms with van der Waals surface area (Å²) in [5.74, 6) is 0.848. The fraction of sp³-hybridized carbons (Fsp3) is 0.211. The van der Waals surface area contributed by atoms with Crippen LogP contribution in [0.2, 0.25) is 0 Å². The maximum absolute atomic E-state index is 12.6. The van der Waals surface area contributed by atoms with Crippen LogP contribution in [0.15, 0.2) is 44.9 Å². The zero-order chi connectivity index (χ0) is 17.3. The number of ketones is 1. The highest BCUT2D eigenvalue weighted by Crippen LogP contribution is 2.38. The summed E-state index contributed by atoms with van der Waals surface area (Å²) in [6.45, 7) is 2.65. The number of fused-ring (bicyclic) bond motifs is 1. The first-order valence-corrected chi connectivity index (χ1v) is 9.27. The van der Waals surface area contributed by atoms with E-state index in [0.717, 1.165) is 26.7 Å². The molecule has 24 heavy (non-hydrogen) atoms. The Morgan fingerprint density at radius 1 is 1.29 bits per heavy atom. The van der Waals surface area contributed by atoms with Gasteiger partial charge in [-0.3, -0.25) is 4.79 Å². The number of allylic oxidation sites excluding steroid dienone is 1. The van der Waals surface area contributed by atoms with Gasteiger partial charge in [-0.05, 0) is 46.6 Å². The molecule has 0 bridgehead atoms. The maximum atomic E-state index is 12.6. The second-order valence-corrected chi connectivity index (χ2v) is 7.40. The molecule has 1 N–H and O–H groups in total. The maximum Gasteiger partial charge on any atom is 0.189 e. The van der Waals surface area contributed by atoms with E-state index in [-0.39, 0.29) is 11.5 Å². The number of carbonyl (C=O) groups excluding carboxylic acids is 1. The number of halogens is 2. The summed E-state index contributed by atoms with van der Waals surface area (Å²) < 4.78 is 7.58. The summed E-state index contributed by atoms with van der Waals surface area (Å²) in [5.41, 5.74) is 2.75. The molecule has 0 saturated heterocycles. The van der Waals surface area contributed by atoms with E-state index in [1.807, 2.05) is 25.1 Å². The first kappa shape index (κ1) is 17.2. The van der Waals surface area contributed by atoms with Gasteiger partial charge in [0.15, 0.2) is 5.78 Å². The van der Waals surface area contributed by atoms with Crippen molar-refractivity contribution in [1.29, 1.82) is 0 Å². The Balaban J connectivity index is 2.04. The third-order valence-corrected chi connectivity index (χ3v) is 4.92. The third kappa shape index (κ3) is 3.28. The number of phenolic OH excluding ortho intramolecular Hbond substituents is 1. The molecule has 0 atom stereocenters. The number of aromatic hydroxyl groups is 1. The molecule has 2 aromatic rings. The summed E-state index contributed by atoms with van der Waals surface area (Å²) >= 11 is 7.00. The molecular weight excluding hydrogens is 436 g/mol. The lowest BCUT2D eigenvalue weighted by molar-refractivity contribution is 0.104. The van der Waals surface area contributed by atoms with Gasteiger partial charge in [0.25, 0.3) is 0 Å². The molecule has 0 spiro atoms. The molecule has 5 heteroatoms. The van der Waals surface area contributed by atoms with Crippen molar-refractivity contribution in [2.75, 3.05) is 6.61 Å². The van der Waals surface area contributed by atoms with Gasteiger partial charge in [-0.15, -0.1) is 0 Å². The van der Waals surface area contributed by atoms with Gasteiger partial charge in [0.05, 0.1) is 11.1 Å². The minimum absolute atomic E-state index is 0.0431. The Bertz CT molecular complexity index is 841. The fourth-order valence-corrected chi connectivity index (χ4v) is 4.14. The van der Waals surface area contributed by atoms with E-state index in [4.69, 9.17) is 4.74 Å². The van der Waals surface area contributed by atoms with Crippen LogP contribution in [0.4, 0.5) is 0 Å². The molecule has 2 aromatic carbocycles. The Morgan fingerprint density at radius 3 is 2.79 bits per heavy atom. The van der Waals surface area contributed by atoms with Crippen molar-refractivity contribution < 1.29 is 14.6 Å². The van der Waals surface area contributed by atoms with Crippen LogP contribution in [-0.2, 0) is 6.42 Å². The van der Waals surface area contributed by atoms with Crippen LogP contribution in [0, 0.1) is 0 Å². The van der Waals surface area contributed by atoms with Crippen molar-refractivity contribution in [1.82, 2.24) is 0 Å². The summed E-state index contributed by atoms with van der Waals surface area (Å²) in [7, 11) is 0. The van der Waals surface area contributed by atoms with Gasteiger partial charge in [0, 0.05) is 33.2 Å². The molecule has 3 rings (SSSR count). The van der Waals surface area contributed by atoms with Crippen molar-refractivity contribution in [3.63, 3.8) is 0 Å². The molecule has 3 nitrogen and oxygen atoms in total. The number of carbonyl (C=O) groups is 1. The number of Topliss-reactive ketones (excluding diaryl/α,β-unsaturated/α-hetero) is 1. The van der Waals surface area contributed by atoms with Crippen LogP contribution in [0.3, 0.4) is 0 Å².